The fourth-order valence-electron chi connectivity index (χ4n) is 1.51. The van der Waals surface area contributed by atoms with Crippen molar-refractivity contribution < 1.29 is 4.52 Å². The van der Waals surface area contributed by atoms with Gasteiger partial charge in [0, 0.05) is 17.0 Å². The molecule has 0 radical (unpaired) electrons. The summed E-state index contributed by atoms with van der Waals surface area (Å²) >= 11 is 5.96. The highest BCUT2D eigenvalue weighted by Gasteiger charge is 2.09. The molecule has 2 rings (SSSR count). The van der Waals surface area contributed by atoms with Gasteiger partial charge in [-0.05, 0) is 43.7 Å². The third-order valence-electron chi connectivity index (χ3n) is 2.48. The number of benzene rings is 1. The summed E-state index contributed by atoms with van der Waals surface area (Å²) in [5.74, 6) is 1.22. The van der Waals surface area contributed by atoms with Crippen LogP contribution in [0.4, 0.5) is 0 Å². The molecule has 0 saturated heterocycles. The first kappa shape index (κ1) is 12.1. The molecule has 0 fully saturated rings. The van der Waals surface area contributed by atoms with Gasteiger partial charge >= 0.3 is 0 Å². The zero-order valence-corrected chi connectivity index (χ0v) is 10.4. The van der Waals surface area contributed by atoms with Crippen LogP contribution in [0.25, 0.3) is 11.5 Å². The van der Waals surface area contributed by atoms with E-state index >= 15 is 0 Å². The summed E-state index contributed by atoms with van der Waals surface area (Å²) in [5, 5.41) is 4.64. The molecule has 2 aromatic rings. The molecule has 0 amide bonds. The van der Waals surface area contributed by atoms with Crippen LogP contribution in [0.2, 0.25) is 5.02 Å². The van der Waals surface area contributed by atoms with E-state index in [1.165, 1.54) is 0 Å². The Morgan fingerprint density at radius 2 is 2.24 bits per heavy atom. The molecule has 1 heterocycles. The van der Waals surface area contributed by atoms with Crippen LogP contribution in [0, 0.1) is 6.92 Å². The van der Waals surface area contributed by atoms with E-state index < -0.39 is 0 Å². The van der Waals surface area contributed by atoms with Crippen molar-refractivity contribution in [1.82, 2.24) is 10.1 Å². The number of aromatic nitrogens is 2. The van der Waals surface area contributed by atoms with Crippen molar-refractivity contribution in [3.63, 3.8) is 0 Å². The van der Waals surface area contributed by atoms with Crippen molar-refractivity contribution >= 4 is 11.6 Å². The number of nitrogens with zero attached hydrogens (tertiary/aromatic N) is 2. The molecule has 0 aliphatic heterocycles. The van der Waals surface area contributed by atoms with E-state index in [9.17, 15) is 0 Å². The zero-order valence-electron chi connectivity index (χ0n) is 9.61. The Morgan fingerprint density at radius 1 is 1.41 bits per heavy atom. The molecular formula is C12H14ClN3O. The average Bonchev–Trinajstić information content (AvgIpc) is 2.79. The standard InChI is InChI=1S/C12H14ClN3O/c1-8-7-9(4-5-10(8)13)12-15-11(16-17-12)3-2-6-14/h4-5,7H,2-3,6,14H2,1H3. The first-order chi connectivity index (χ1) is 8.20. The highest BCUT2D eigenvalue weighted by atomic mass is 35.5. The molecule has 0 saturated carbocycles. The third-order valence-corrected chi connectivity index (χ3v) is 2.90. The second-order valence-electron chi connectivity index (χ2n) is 3.87. The van der Waals surface area contributed by atoms with E-state index in [1.54, 1.807) is 0 Å². The first-order valence-electron chi connectivity index (χ1n) is 5.50. The van der Waals surface area contributed by atoms with Crippen molar-refractivity contribution in [2.45, 2.75) is 19.8 Å². The van der Waals surface area contributed by atoms with Gasteiger partial charge in [-0.15, -0.1) is 0 Å². The fraction of sp³-hybridized carbons (Fsp3) is 0.333. The van der Waals surface area contributed by atoms with Crippen molar-refractivity contribution in [3.05, 3.63) is 34.6 Å². The van der Waals surface area contributed by atoms with Gasteiger partial charge in [-0.2, -0.15) is 4.98 Å². The van der Waals surface area contributed by atoms with E-state index in [1.807, 2.05) is 25.1 Å². The van der Waals surface area contributed by atoms with Crippen LogP contribution in [0.15, 0.2) is 22.7 Å². The predicted octanol–water partition coefficient (Wildman–Crippen LogP) is 2.59. The summed E-state index contributed by atoms with van der Waals surface area (Å²) in [7, 11) is 0. The molecule has 4 nitrogen and oxygen atoms in total. The van der Waals surface area contributed by atoms with Gasteiger partial charge in [0.05, 0.1) is 0 Å². The highest BCUT2D eigenvalue weighted by Crippen LogP contribution is 2.23. The van der Waals surface area contributed by atoms with Gasteiger partial charge in [0.15, 0.2) is 5.82 Å². The number of hydrogen-bond donors (Lipinski definition) is 1. The average molecular weight is 252 g/mol. The smallest absolute Gasteiger partial charge is 0.257 e. The summed E-state index contributed by atoms with van der Waals surface area (Å²) in [4.78, 5) is 4.31. The summed E-state index contributed by atoms with van der Waals surface area (Å²) in [6.45, 7) is 2.57. The number of aryl methyl sites for hydroxylation is 2. The van der Waals surface area contributed by atoms with Crippen molar-refractivity contribution in [2.75, 3.05) is 6.54 Å². The molecule has 17 heavy (non-hydrogen) atoms. The van der Waals surface area contributed by atoms with Crippen molar-refractivity contribution in [2.24, 2.45) is 5.73 Å². The van der Waals surface area contributed by atoms with E-state index in [4.69, 9.17) is 21.9 Å². The second kappa shape index (κ2) is 5.29. The third kappa shape index (κ3) is 2.84. The van der Waals surface area contributed by atoms with Gasteiger partial charge in [-0.25, -0.2) is 0 Å². The van der Waals surface area contributed by atoms with Gasteiger partial charge in [0.1, 0.15) is 0 Å². The molecule has 0 unspecified atom stereocenters. The minimum Gasteiger partial charge on any atom is -0.334 e. The monoisotopic (exact) mass is 251 g/mol. The maximum Gasteiger partial charge on any atom is 0.257 e. The molecule has 90 valence electrons. The fourth-order valence-corrected chi connectivity index (χ4v) is 1.63. The molecule has 5 heteroatoms. The quantitative estimate of drug-likeness (QED) is 0.907. The Bertz CT molecular complexity index is 510. The number of hydrogen-bond acceptors (Lipinski definition) is 4. The normalized spacial score (nSPS) is 10.8. The van der Waals surface area contributed by atoms with Crippen LogP contribution >= 0.6 is 11.6 Å². The number of nitrogens with two attached hydrogens (primary N) is 1. The van der Waals surface area contributed by atoms with E-state index in [2.05, 4.69) is 10.1 Å². The Kier molecular flexibility index (Phi) is 3.76. The van der Waals surface area contributed by atoms with E-state index in [0.29, 0.717) is 18.3 Å². The molecule has 0 aliphatic carbocycles. The lowest BCUT2D eigenvalue weighted by Gasteiger charge is -1.98. The lowest BCUT2D eigenvalue weighted by Crippen LogP contribution is -2.01. The van der Waals surface area contributed by atoms with E-state index in [0.717, 1.165) is 29.0 Å². The van der Waals surface area contributed by atoms with Crippen LogP contribution in [0.1, 0.15) is 17.8 Å². The van der Waals surface area contributed by atoms with Crippen LogP contribution in [-0.2, 0) is 6.42 Å². The van der Waals surface area contributed by atoms with Gasteiger partial charge in [-0.3, -0.25) is 0 Å². The molecular weight excluding hydrogens is 238 g/mol. The van der Waals surface area contributed by atoms with Gasteiger partial charge in [0.2, 0.25) is 0 Å². The molecule has 1 aromatic heterocycles. The Labute approximate surface area is 105 Å². The van der Waals surface area contributed by atoms with Crippen LogP contribution in [0.3, 0.4) is 0 Å². The van der Waals surface area contributed by atoms with Crippen molar-refractivity contribution in [3.8, 4) is 11.5 Å². The second-order valence-corrected chi connectivity index (χ2v) is 4.28. The molecule has 0 bridgehead atoms. The maximum absolute atomic E-state index is 5.96. The largest absolute Gasteiger partial charge is 0.334 e. The number of rotatable bonds is 4. The minimum atomic E-state index is 0.525. The van der Waals surface area contributed by atoms with Crippen LogP contribution in [-0.4, -0.2) is 16.7 Å². The summed E-state index contributed by atoms with van der Waals surface area (Å²) in [6.07, 6.45) is 1.60. The van der Waals surface area contributed by atoms with Gasteiger partial charge in [-0.1, -0.05) is 16.8 Å². The lowest BCUT2D eigenvalue weighted by atomic mass is 10.1. The topological polar surface area (TPSA) is 64.9 Å². The Balaban J connectivity index is 2.21. The maximum atomic E-state index is 5.96. The predicted molar refractivity (Wildman–Crippen MR) is 66.9 cm³/mol. The molecule has 1 aromatic carbocycles. The zero-order chi connectivity index (χ0) is 12.3. The SMILES string of the molecule is Cc1cc(-c2nc(CCCN)no2)ccc1Cl. The minimum absolute atomic E-state index is 0.525. The van der Waals surface area contributed by atoms with Crippen molar-refractivity contribution in [1.29, 1.82) is 0 Å². The lowest BCUT2D eigenvalue weighted by molar-refractivity contribution is 0.422. The molecule has 0 aliphatic rings. The molecule has 2 N–H and O–H groups in total. The van der Waals surface area contributed by atoms with E-state index in [-0.39, 0.29) is 0 Å². The summed E-state index contributed by atoms with van der Waals surface area (Å²) in [5.41, 5.74) is 7.31. The Morgan fingerprint density at radius 3 is 2.94 bits per heavy atom. The summed E-state index contributed by atoms with van der Waals surface area (Å²) < 4.78 is 5.20. The summed E-state index contributed by atoms with van der Waals surface area (Å²) in [6, 6.07) is 5.63. The van der Waals surface area contributed by atoms with Gasteiger partial charge in [0.25, 0.3) is 5.89 Å². The Hall–Kier alpha value is -1.39. The van der Waals surface area contributed by atoms with Crippen LogP contribution < -0.4 is 5.73 Å². The molecule has 0 atom stereocenters. The van der Waals surface area contributed by atoms with Gasteiger partial charge < -0.3 is 10.3 Å². The first-order valence-corrected chi connectivity index (χ1v) is 5.87. The van der Waals surface area contributed by atoms with Crippen LogP contribution in [0.5, 0.6) is 0 Å². The molecule has 0 spiro atoms. The number of halogens is 1. The highest BCUT2D eigenvalue weighted by molar-refractivity contribution is 6.31.